The second kappa shape index (κ2) is 12.7. The van der Waals surface area contributed by atoms with Crippen molar-refractivity contribution in [2.75, 3.05) is 11.9 Å². The minimum absolute atomic E-state index is 0.0155. The zero-order chi connectivity index (χ0) is 25.2. The van der Waals surface area contributed by atoms with Crippen LogP contribution in [0.4, 0.5) is 14.4 Å². The lowest BCUT2D eigenvalue weighted by Gasteiger charge is -2.28. The van der Waals surface area contributed by atoms with Gasteiger partial charge in [0.25, 0.3) is 0 Å². The molecule has 10 heteroatoms. The zero-order valence-corrected chi connectivity index (χ0v) is 22.1. The first-order valence-electron chi connectivity index (χ1n) is 10.3. The lowest BCUT2D eigenvalue weighted by Crippen LogP contribution is -2.50. The van der Waals surface area contributed by atoms with E-state index >= 15 is 0 Å². The summed E-state index contributed by atoms with van der Waals surface area (Å²) >= 11 is 3.29. The molecule has 0 saturated carbocycles. The van der Waals surface area contributed by atoms with E-state index in [0.29, 0.717) is 6.42 Å². The summed E-state index contributed by atoms with van der Waals surface area (Å²) in [4.78, 5) is 42.5. The van der Waals surface area contributed by atoms with E-state index in [2.05, 4.69) is 38.1 Å². The standard InChI is InChI=1S/C22H36BrN3O6/c1-20(2,3)30-17(27)24-16(25-18(28)31-21(4,5)6)26(15-13-11-10-12-14-23)19(29)32-22(7,8)9/h12-15H2,1-9H3,(H,24,25,27,28). The molecular weight excluding hydrogens is 482 g/mol. The Morgan fingerprint density at radius 1 is 0.844 bits per heavy atom. The highest BCUT2D eigenvalue weighted by molar-refractivity contribution is 9.09. The van der Waals surface area contributed by atoms with Gasteiger partial charge in [-0.2, -0.15) is 0 Å². The van der Waals surface area contributed by atoms with Crippen LogP contribution in [0.5, 0.6) is 0 Å². The number of hydrogen-bond acceptors (Lipinski definition) is 6. The lowest BCUT2D eigenvalue weighted by molar-refractivity contribution is 0.0360. The number of alkyl carbamates (subject to hydrolysis) is 1. The number of carbonyl (C=O) groups is 3. The Morgan fingerprint density at radius 3 is 1.81 bits per heavy atom. The molecule has 0 aromatic rings. The van der Waals surface area contributed by atoms with Crippen LogP contribution in [0.25, 0.3) is 0 Å². The molecule has 0 atom stereocenters. The Balaban J connectivity index is 6.03. The predicted molar refractivity (Wildman–Crippen MR) is 127 cm³/mol. The number of rotatable bonds is 3. The molecule has 0 saturated heterocycles. The number of nitrogens with zero attached hydrogens (tertiary/aromatic N) is 2. The molecule has 32 heavy (non-hydrogen) atoms. The van der Waals surface area contributed by atoms with Gasteiger partial charge in [0, 0.05) is 24.7 Å². The summed E-state index contributed by atoms with van der Waals surface area (Å²) in [5, 5.41) is 3.09. The van der Waals surface area contributed by atoms with Crippen molar-refractivity contribution in [3.8, 4) is 11.8 Å². The largest absolute Gasteiger partial charge is 0.444 e. The predicted octanol–water partition coefficient (Wildman–Crippen LogP) is 5.22. The second-order valence-corrected chi connectivity index (χ2v) is 10.5. The van der Waals surface area contributed by atoms with Crippen LogP contribution in [-0.4, -0.2) is 57.8 Å². The molecule has 1 N–H and O–H groups in total. The van der Waals surface area contributed by atoms with Crippen molar-refractivity contribution in [1.29, 1.82) is 0 Å². The maximum Gasteiger partial charge on any atom is 0.437 e. The van der Waals surface area contributed by atoms with Gasteiger partial charge in [-0.1, -0.05) is 15.9 Å². The first kappa shape index (κ1) is 29.7. The Kier molecular flexibility index (Phi) is 11.8. The molecule has 0 aromatic heterocycles. The molecule has 3 amide bonds. The van der Waals surface area contributed by atoms with E-state index < -0.39 is 35.1 Å². The molecule has 0 unspecified atom stereocenters. The number of hydrogen-bond donors (Lipinski definition) is 1. The van der Waals surface area contributed by atoms with Gasteiger partial charge in [0.2, 0.25) is 5.96 Å². The van der Waals surface area contributed by atoms with Gasteiger partial charge in [0.1, 0.15) is 16.8 Å². The molecule has 0 radical (unpaired) electrons. The summed E-state index contributed by atoms with van der Waals surface area (Å²) in [5.74, 6) is 5.50. The minimum atomic E-state index is -0.984. The fraction of sp³-hybridized carbons (Fsp3) is 0.727. The van der Waals surface area contributed by atoms with Crippen LogP contribution in [0.15, 0.2) is 4.99 Å². The molecule has 0 rings (SSSR count). The molecule has 9 nitrogen and oxygen atoms in total. The summed E-state index contributed by atoms with van der Waals surface area (Å²) < 4.78 is 15.9. The maximum atomic E-state index is 12.9. The molecule has 0 aliphatic heterocycles. The fourth-order valence-corrected chi connectivity index (χ4v) is 2.11. The number of guanidine groups is 1. The highest BCUT2D eigenvalue weighted by atomic mass is 79.9. The summed E-state index contributed by atoms with van der Waals surface area (Å²) in [6.07, 6.45) is -1.78. The Hall–Kier alpha value is -2.28. The summed E-state index contributed by atoms with van der Waals surface area (Å²) in [6.45, 7) is 15.2. The van der Waals surface area contributed by atoms with Gasteiger partial charge in [-0.25, -0.2) is 19.3 Å². The van der Waals surface area contributed by atoms with E-state index in [9.17, 15) is 14.4 Å². The first-order chi connectivity index (χ1) is 14.4. The normalized spacial score (nSPS) is 12.2. The number of halogens is 1. The Morgan fingerprint density at radius 2 is 1.34 bits per heavy atom. The van der Waals surface area contributed by atoms with E-state index in [1.165, 1.54) is 0 Å². The van der Waals surface area contributed by atoms with Crippen molar-refractivity contribution in [3.63, 3.8) is 0 Å². The van der Waals surface area contributed by atoms with Gasteiger partial charge in [-0.05, 0) is 62.3 Å². The third-order valence-corrected chi connectivity index (χ3v) is 3.27. The van der Waals surface area contributed by atoms with E-state index in [1.807, 2.05) is 0 Å². The fourth-order valence-electron chi connectivity index (χ4n) is 1.91. The average Bonchev–Trinajstić information content (AvgIpc) is 2.52. The number of nitrogens with one attached hydrogen (secondary N) is 1. The first-order valence-corrected chi connectivity index (χ1v) is 11.4. The number of carbonyl (C=O) groups excluding carboxylic acids is 3. The van der Waals surface area contributed by atoms with Gasteiger partial charge in [0.15, 0.2) is 0 Å². The molecule has 0 heterocycles. The maximum absolute atomic E-state index is 12.9. The number of aliphatic imine (C=N–C) groups is 1. The lowest BCUT2D eigenvalue weighted by atomic mass is 10.2. The van der Waals surface area contributed by atoms with Gasteiger partial charge in [-0.3, -0.25) is 5.32 Å². The van der Waals surface area contributed by atoms with E-state index in [4.69, 9.17) is 14.2 Å². The monoisotopic (exact) mass is 517 g/mol. The number of ether oxygens (including phenoxy) is 3. The van der Waals surface area contributed by atoms with Crippen LogP contribution in [0, 0.1) is 11.8 Å². The second-order valence-electron chi connectivity index (χ2n) is 9.72. The number of amides is 3. The van der Waals surface area contributed by atoms with Crippen molar-refractivity contribution in [1.82, 2.24) is 10.2 Å². The molecule has 0 aromatic carbocycles. The molecular formula is C22H36BrN3O6. The van der Waals surface area contributed by atoms with Crippen LogP contribution < -0.4 is 5.32 Å². The van der Waals surface area contributed by atoms with Gasteiger partial charge in [-0.15, -0.1) is 16.8 Å². The summed E-state index contributed by atoms with van der Waals surface area (Å²) in [5.41, 5.74) is -2.45. The molecule has 0 bridgehead atoms. The Labute approximate surface area is 199 Å². The summed E-state index contributed by atoms with van der Waals surface area (Å²) in [6, 6.07) is 0. The van der Waals surface area contributed by atoms with Gasteiger partial charge >= 0.3 is 18.3 Å². The van der Waals surface area contributed by atoms with Crippen LogP contribution in [0.1, 0.15) is 75.2 Å². The van der Waals surface area contributed by atoms with Crippen LogP contribution in [0.2, 0.25) is 0 Å². The zero-order valence-electron chi connectivity index (χ0n) is 20.6. The van der Waals surface area contributed by atoms with E-state index in [1.54, 1.807) is 62.3 Å². The van der Waals surface area contributed by atoms with Gasteiger partial charge < -0.3 is 14.2 Å². The van der Waals surface area contributed by atoms with Crippen molar-refractivity contribution in [2.45, 2.75) is 92.0 Å². The van der Waals surface area contributed by atoms with Crippen molar-refractivity contribution in [2.24, 2.45) is 4.99 Å². The topological polar surface area (TPSA) is 107 Å². The number of alkyl halides is 1. The molecule has 0 aliphatic rings. The van der Waals surface area contributed by atoms with Crippen molar-refractivity contribution < 1.29 is 28.6 Å². The van der Waals surface area contributed by atoms with Crippen molar-refractivity contribution in [3.05, 3.63) is 0 Å². The van der Waals surface area contributed by atoms with Crippen molar-refractivity contribution >= 4 is 40.2 Å². The molecule has 182 valence electrons. The molecule has 0 spiro atoms. The third kappa shape index (κ3) is 15.5. The average molecular weight is 518 g/mol. The molecule has 0 fully saturated rings. The van der Waals surface area contributed by atoms with Crippen LogP contribution >= 0.6 is 15.9 Å². The van der Waals surface area contributed by atoms with Crippen LogP contribution in [-0.2, 0) is 14.2 Å². The highest BCUT2D eigenvalue weighted by Gasteiger charge is 2.29. The van der Waals surface area contributed by atoms with Crippen LogP contribution in [0.3, 0.4) is 0 Å². The molecule has 0 aliphatic carbocycles. The third-order valence-electron chi connectivity index (χ3n) is 2.88. The van der Waals surface area contributed by atoms with E-state index in [-0.39, 0.29) is 18.9 Å². The highest BCUT2D eigenvalue weighted by Crippen LogP contribution is 2.13. The summed E-state index contributed by atoms with van der Waals surface area (Å²) in [7, 11) is 0. The van der Waals surface area contributed by atoms with E-state index in [0.717, 1.165) is 10.2 Å². The smallest absolute Gasteiger partial charge is 0.437 e. The quantitative estimate of drug-likeness (QED) is 0.181. The van der Waals surface area contributed by atoms with Gasteiger partial charge in [0.05, 0.1) is 0 Å². The SMILES string of the molecule is CC(C)(C)OC(=O)N=C(NC(=O)OC(C)(C)C)N(CCC#CCCBr)C(=O)OC(C)(C)C. The minimum Gasteiger partial charge on any atom is -0.444 e. The Bertz CT molecular complexity index is 749.